The van der Waals surface area contributed by atoms with E-state index in [0.29, 0.717) is 18.5 Å². The molecule has 9 nitrogen and oxygen atoms in total. The van der Waals surface area contributed by atoms with Crippen molar-refractivity contribution in [2.24, 2.45) is 0 Å². The van der Waals surface area contributed by atoms with E-state index in [2.05, 4.69) is 17.2 Å². The average molecular weight is 452 g/mol. The molecule has 1 saturated heterocycles. The van der Waals surface area contributed by atoms with Crippen LogP contribution < -0.4 is 11.2 Å². The summed E-state index contributed by atoms with van der Waals surface area (Å²) in [6.45, 7) is 4.95. The van der Waals surface area contributed by atoms with E-state index in [1.165, 1.54) is 16.3 Å². The lowest BCUT2D eigenvalue weighted by molar-refractivity contribution is 0.137. The van der Waals surface area contributed by atoms with Gasteiger partial charge in [-0.05, 0) is 32.6 Å². The van der Waals surface area contributed by atoms with Gasteiger partial charge in [-0.1, -0.05) is 25.0 Å². The molecule has 2 aromatic rings. The van der Waals surface area contributed by atoms with Crippen molar-refractivity contribution < 1.29 is 10.2 Å². The van der Waals surface area contributed by atoms with E-state index in [-0.39, 0.29) is 28.5 Å². The zero-order valence-corrected chi connectivity index (χ0v) is 19.1. The fourth-order valence-electron chi connectivity index (χ4n) is 3.93. The fraction of sp³-hybridized carbons (Fsp3) is 0.714. The molecule has 1 aliphatic rings. The van der Waals surface area contributed by atoms with Gasteiger partial charge in [-0.15, -0.1) is 16.9 Å². The Morgan fingerprint density at radius 2 is 1.94 bits per heavy atom. The monoisotopic (exact) mass is 451 g/mol. The minimum absolute atomic E-state index is 0.134. The molecule has 10 heteroatoms. The molecule has 3 heterocycles. The molecule has 1 aliphatic heterocycles. The molecular weight excluding hydrogens is 418 g/mol. The normalized spacial score (nSPS) is 21.1. The van der Waals surface area contributed by atoms with Crippen LogP contribution in [-0.2, 0) is 19.5 Å². The summed E-state index contributed by atoms with van der Waals surface area (Å²) in [6, 6.07) is 0. The van der Waals surface area contributed by atoms with Gasteiger partial charge in [0.05, 0.1) is 29.0 Å². The number of aryl methyl sites for hydroxylation is 3. The highest BCUT2D eigenvalue weighted by Gasteiger charge is 2.35. The van der Waals surface area contributed by atoms with Crippen LogP contribution in [0.2, 0.25) is 0 Å². The van der Waals surface area contributed by atoms with E-state index in [9.17, 15) is 19.8 Å². The van der Waals surface area contributed by atoms with Gasteiger partial charge < -0.3 is 10.2 Å². The first kappa shape index (κ1) is 23.7. The molecule has 31 heavy (non-hydrogen) atoms. The van der Waals surface area contributed by atoms with E-state index >= 15 is 0 Å². The quantitative estimate of drug-likeness (QED) is 0.497. The lowest BCUT2D eigenvalue weighted by atomic mass is 10.1. The number of unbranched alkanes of at least 4 members (excludes halogenated alkanes) is 3. The number of aliphatic hydroxyl groups excluding tert-OH is 2. The van der Waals surface area contributed by atoms with Gasteiger partial charge in [0, 0.05) is 37.5 Å². The second-order valence-corrected chi connectivity index (χ2v) is 9.63. The first-order valence-electron chi connectivity index (χ1n) is 11.1. The second kappa shape index (κ2) is 11.1. The molecule has 3 atom stereocenters. The third-order valence-electron chi connectivity index (χ3n) is 5.66. The van der Waals surface area contributed by atoms with Gasteiger partial charge in [0.1, 0.15) is 0 Å². The van der Waals surface area contributed by atoms with Crippen molar-refractivity contribution in [1.29, 1.82) is 0 Å². The number of nitrogens with zero attached hydrogens (tertiary/aromatic N) is 5. The molecule has 3 unspecified atom stereocenters. The van der Waals surface area contributed by atoms with Crippen molar-refractivity contribution in [1.82, 2.24) is 24.1 Å². The van der Waals surface area contributed by atoms with Crippen LogP contribution in [0.15, 0.2) is 22.0 Å². The second-order valence-electron chi connectivity index (χ2n) is 8.21. The van der Waals surface area contributed by atoms with Crippen LogP contribution in [0.3, 0.4) is 0 Å². The minimum atomic E-state index is -0.656. The van der Waals surface area contributed by atoms with Crippen molar-refractivity contribution in [3.8, 4) is 0 Å². The molecule has 2 N–H and O–H groups in total. The predicted octanol–water partition coefficient (Wildman–Crippen LogP) is 1.48. The van der Waals surface area contributed by atoms with Crippen LogP contribution in [0.4, 0.5) is 0 Å². The van der Waals surface area contributed by atoms with E-state index < -0.39 is 6.10 Å². The standard InChI is InChI=1S/C21H33N5O4S/c1-3-9-24-13-16(22-23-24)8-6-4-5-7-10-25-20(29)15(2)12-26(21(25)30)19-11-17(28)18(14-27)31-19/h12-13,17-19,27-28H,3-11,14H2,1-2H3. The maximum Gasteiger partial charge on any atom is 0.331 e. The number of hydrogen-bond donors (Lipinski definition) is 2. The van der Waals surface area contributed by atoms with Gasteiger partial charge in [0.15, 0.2) is 0 Å². The van der Waals surface area contributed by atoms with Gasteiger partial charge in [0.25, 0.3) is 5.56 Å². The summed E-state index contributed by atoms with van der Waals surface area (Å²) in [5.41, 5.74) is 0.920. The van der Waals surface area contributed by atoms with Crippen molar-refractivity contribution in [3.05, 3.63) is 44.5 Å². The third-order valence-corrected chi connectivity index (χ3v) is 7.21. The Morgan fingerprint density at radius 3 is 2.65 bits per heavy atom. The van der Waals surface area contributed by atoms with Gasteiger partial charge in [-0.2, -0.15) is 0 Å². The third kappa shape index (κ3) is 5.87. The predicted molar refractivity (Wildman–Crippen MR) is 120 cm³/mol. The summed E-state index contributed by atoms with van der Waals surface area (Å²) in [5, 5.41) is 27.2. The Bertz CT molecular complexity index is 969. The number of aromatic nitrogens is 5. The first-order valence-corrected chi connectivity index (χ1v) is 12.0. The molecule has 0 saturated carbocycles. The van der Waals surface area contributed by atoms with Crippen LogP contribution in [-0.4, -0.2) is 52.3 Å². The molecule has 0 bridgehead atoms. The average Bonchev–Trinajstić information content (AvgIpc) is 3.35. The fourth-order valence-corrected chi connectivity index (χ4v) is 5.31. The molecule has 3 rings (SSSR count). The molecule has 2 aromatic heterocycles. The van der Waals surface area contributed by atoms with Crippen LogP contribution in [0.5, 0.6) is 0 Å². The molecule has 1 fully saturated rings. The van der Waals surface area contributed by atoms with Crippen molar-refractivity contribution in [2.75, 3.05) is 6.61 Å². The highest BCUT2D eigenvalue weighted by Crippen LogP contribution is 2.40. The smallest absolute Gasteiger partial charge is 0.331 e. The molecule has 0 spiro atoms. The molecule has 0 aromatic carbocycles. The summed E-state index contributed by atoms with van der Waals surface area (Å²) >= 11 is 1.38. The maximum absolute atomic E-state index is 12.9. The number of aliphatic hydroxyl groups is 2. The largest absolute Gasteiger partial charge is 0.395 e. The van der Waals surface area contributed by atoms with E-state index in [1.807, 2.05) is 10.9 Å². The van der Waals surface area contributed by atoms with Gasteiger partial charge in [0.2, 0.25) is 0 Å². The van der Waals surface area contributed by atoms with E-state index in [0.717, 1.165) is 50.8 Å². The lowest BCUT2D eigenvalue weighted by Crippen LogP contribution is -2.41. The van der Waals surface area contributed by atoms with Crippen molar-refractivity contribution in [2.45, 2.75) is 88.6 Å². The minimum Gasteiger partial charge on any atom is -0.395 e. The van der Waals surface area contributed by atoms with Crippen molar-refractivity contribution in [3.63, 3.8) is 0 Å². The topological polar surface area (TPSA) is 115 Å². The van der Waals surface area contributed by atoms with Gasteiger partial charge in [-0.3, -0.25) is 18.6 Å². The maximum atomic E-state index is 12.9. The molecule has 0 amide bonds. The zero-order valence-electron chi connectivity index (χ0n) is 18.3. The first-order chi connectivity index (χ1) is 14.9. The summed E-state index contributed by atoms with van der Waals surface area (Å²) in [5.74, 6) is 0. The van der Waals surface area contributed by atoms with E-state index in [4.69, 9.17) is 0 Å². The SMILES string of the molecule is CCCn1cc(CCCCCCn2c(=O)c(C)cn(C3CC(O)C(CO)S3)c2=O)nn1. The zero-order chi connectivity index (χ0) is 22.4. The molecule has 0 aliphatic carbocycles. The van der Waals surface area contributed by atoms with Crippen molar-refractivity contribution >= 4 is 11.8 Å². The number of rotatable bonds is 11. The van der Waals surface area contributed by atoms with Gasteiger partial charge >= 0.3 is 5.69 Å². The van der Waals surface area contributed by atoms with Crippen LogP contribution in [0.1, 0.15) is 62.1 Å². The van der Waals surface area contributed by atoms with Crippen LogP contribution in [0, 0.1) is 6.92 Å². The van der Waals surface area contributed by atoms with Crippen LogP contribution >= 0.6 is 11.8 Å². The highest BCUT2D eigenvalue weighted by molar-refractivity contribution is 8.00. The Labute approximate surface area is 186 Å². The molecule has 172 valence electrons. The highest BCUT2D eigenvalue weighted by atomic mass is 32.2. The molecule has 0 radical (unpaired) electrons. The Hall–Kier alpha value is -1.91. The van der Waals surface area contributed by atoms with Crippen LogP contribution in [0.25, 0.3) is 0 Å². The lowest BCUT2D eigenvalue weighted by Gasteiger charge is -2.16. The Kier molecular flexibility index (Phi) is 8.50. The molecular formula is C21H33N5O4S. The summed E-state index contributed by atoms with van der Waals surface area (Å²) in [4.78, 5) is 25.5. The summed E-state index contributed by atoms with van der Waals surface area (Å²) < 4.78 is 4.72. The summed E-state index contributed by atoms with van der Waals surface area (Å²) in [7, 11) is 0. The van der Waals surface area contributed by atoms with Gasteiger partial charge in [-0.25, -0.2) is 4.79 Å². The number of hydrogen-bond acceptors (Lipinski definition) is 7. The van der Waals surface area contributed by atoms with E-state index in [1.54, 1.807) is 17.7 Å². The summed E-state index contributed by atoms with van der Waals surface area (Å²) in [6.07, 6.45) is 8.89. The Morgan fingerprint density at radius 1 is 1.16 bits per heavy atom. The number of thioether (sulfide) groups is 1. The Balaban J connectivity index is 1.53.